The quantitative estimate of drug-likeness (QED) is 0.530. The van der Waals surface area contributed by atoms with Gasteiger partial charge in [0, 0.05) is 10.4 Å². The summed E-state index contributed by atoms with van der Waals surface area (Å²) < 4.78 is 32.4. The molecule has 0 N–H and O–H groups in total. The predicted octanol–water partition coefficient (Wildman–Crippen LogP) is 5.31. The van der Waals surface area contributed by atoms with Crippen molar-refractivity contribution in [1.29, 1.82) is 0 Å². The molecule has 2 aromatic carbocycles. The first-order valence-electron chi connectivity index (χ1n) is 5.92. The first kappa shape index (κ1) is 15.3. The van der Waals surface area contributed by atoms with Crippen LogP contribution in [-0.4, -0.2) is 7.11 Å². The number of methoxy groups -OCH3 is 1. The molecule has 2 aromatic rings. The minimum atomic E-state index is -0.627. The summed E-state index contributed by atoms with van der Waals surface area (Å²) in [6.45, 7) is 0. The van der Waals surface area contributed by atoms with E-state index in [9.17, 15) is 8.78 Å². The normalized spacial score (nSPS) is 12.2. The summed E-state index contributed by atoms with van der Waals surface area (Å²) in [6.07, 6.45) is 0.509. The van der Waals surface area contributed by atoms with Gasteiger partial charge in [0.05, 0.1) is 12.1 Å². The van der Waals surface area contributed by atoms with Crippen molar-refractivity contribution < 1.29 is 13.5 Å². The molecule has 0 radical (unpaired) electrons. The van der Waals surface area contributed by atoms with Crippen molar-refractivity contribution in [2.75, 3.05) is 7.11 Å². The smallest absolute Gasteiger partial charge is 0.142 e. The van der Waals surface area contributed by atoms with Gasteiger partial charge in [0.15, 0.2) is 0 Å². The molecular weight excluding hydrogens is 350 g/mol. The molecule has 1 atom stereocenters. The number of ether oxygens (including phenoxy) is 1. The van der Waals surface area contributed by atoms with Crippen LogP contribution in [0.3, 0.4) is 0 Å². The van der Waals surface area contributed by atoms with Gasteiger partial charge in [0.25, 0.3) is 0 Å². The second kappa shape index (κ2) is 6.55. The van der Waals surface area contributed by atoms with Crippen molar-refractivity contribution in [2.24, 2.45) is 0 Å². The molecule has 2 rings (SSSR count). The maximum atomic E-state index is 13.8. The van der Waals surface area contributed by atoms with Gasteiger partial charge in [-0.05, 0) is 36.2 Å². The van der Waals surface area contributed by atoms with E-state index in [1.54, 1.807) is 7.11 Å². The SMILES string of the molecule is COc1cccc(CC(Br)c2cc(F)c(Cl)cc2F)c1. The molecule has 20 heavy (non-hydrogen) atoms. The van der Waals surface area contributed by atoms with Crippen LogP contribution in [0.4, 0.5) is 8.78 Å². The molecule has 0 amide bonds. The fourth-order valence-corrected chi connectivity index (χ4v) is 2.77. The predicted molar refractivity (Wildman–Crippen MR) is 79.7 cm³/mol. The van der Waals surface area contributed by atoms with Gasteiger partial charge in [-0.3, -0.25) is 0 Å². The molecule has 0 aliphatic carbocycles. The lowest BCUT2D eigenvalue weighted by Gasteiger charge is -2.13. The van der Waals surface area contributed by atoms with Crippen molar-refractivity contribution in [3.8, 4) is 5.75 Å². The highest BCUT2D eigenvalue weighted by molar-refractivity contribution is 9.09. The van der Waals surface area contributed by atoms with E-state index in [0.29, 0.717) is 6.42 Å². The Balaban J connectivity index is 2.23. The highest BCUT2D eigenvalue weighted by Gasteiger charge is 2.16. The van der Waals surface area contributed by atoms with E-state index in [-0.39, 0.29) is 15.4 Å². The molecule has 5 heteroatoms. The number of alkyl halides is 1. The number of rotatable bonds is 4. The van der Waals surface area contributed by atoms with E-state index in [0.717, 1.165) is 23.4 Å². The van der Waals surface area contributed by atoms with E-state index < -0.39 is 11.6 Å². The first-order valence-corrected chi connectivity index (χ1v) is 7.22. The Morgan fingerprint density at radius 3 is 2.65 bits per heavy atom. The summed E-state index contributed by atoms with van der Waals surface area (Å²) in [5.74, 6) is -0.427. The van der Waals surface area contributed by atoms with Crippen LogP contribution in [0.2, 0.25) is 5.02 Å². The largest absolute Gasteiger partial charge is 0.497 e. The Kier molecular flexibility index (Phi) is 5.00. The van der Waals surface area contributed by atoms with Crippen LogP contribution in [-0.2, 0) is 6.42 Å². The van der Waals surface area contributed by atoms with Gasteiger partial charge in [-0.25, -0.2) is 8.78 Å². The topological polar surface area (TPSA) is 9.23 Å². The number of benzene rings is 2. The van der Waals surface area contributed by atoms with Crippen LogP contribution in [0.25, 0.3) is 0 Å². The zero-order valence-corrected chi connectivity index (χ0v) is 13.0. The second-order valence-electron chi connectivity index (χ2n) is 4.31. The molecule has 0 fully saturated rings. The lowest BCUT2D eigenvalue weighted by Crippen LogP contribution is -2.00. The fourth-order valence-electron chi connectivity index (χ4n) is 1.89. The monoisotopic (exact) mass is 360 g/mol. The minimum Gasteiger partial charge on any atom is -0.497 e. The summed E-state index contributed by atoms with van der Waals surface area (Å²) in [6, 6.07) is 9.56. The third-order valence-electron chi connectivity index (χ3n) is 2.93. The Morgan fingerprint density at radius 2 is 1.95 bits per heavy atom. The van der Waals surface area contributed by atoms with Crippen LogP contribution in [0, 0.1) is 11.6 Å². The van der Waals surface area contributed by atoms with Crippen molar-refractivity contribution in [1.82, 2.24) is 0 Å². The maximum Gasteiger partial charge on any atom is 0.142 e. The van der Waals surface area contributed by atoms with Crippen LogP contribution in [0.1, 0.15) is 16.0 Å². The summed E-state index contributed by atoms with van der Waals surface area (Å²) >= 11 is 8.93. The van der Waals surface area contributed by atoms with Crippen LogP contribution in [0.15, 0.2) is 36.4 Å². The molecule has 0 saturated heterocycles. The van der Waals surface area contributed by atoms with E-state index in [1.165, 1.54) is 0 Å². The number of hydrogen-bond donors (Lipinski definition) is 0. The Labute approximate surface area is 129 Å². The summed E-state index contributed by atoms with van der Waals surface area (Å²) in [5.41, 5.74) is 1.20. The van der Waals surface area contributed by atoms with E-state index >= 15 is 0 Å². The van der Waals surface area contributed by atoms with Gasteiger partial charge in [0.2, 0.25) is 0 Å². The molecule has 0 saturated carbocycles. The third-order valence-corrected chi connectivity index (χ3v) is 4.03. The molecule has 0 aliphatic heterocycles. The zero-order valence-electron chi connectivity index (χ0n) is 10.7. The number of hydrogen-bond acceptors (Lipinski definition) is 1. The summed E-state index contributed by atoms with van der Waals surface area (Å²) in [4.78, 5) is -0.346. The van der Waals surface area contributed by atoms with Gasteiger partial charge in [-0.2, -0.15) is 0 Å². The molecule has 0 spiro atoms. The highest BCUT2D eigenvalue weighted by atomic mass is 79.9. The Hall–Kier alpha value is -1.13. The van der Waals surface area contributed by atoms with Crippen molar-refractivity contribution in [3.05, 3.63) is 64.2 Å². The molecular formula is C15H12BrClF2O. The number of halogens is 4. The van der Waals surface area contributed by atoms with E-state index in [2.05, 4.69) is 15.9 Å². The lowest BCUT2D eigenvalue weighted by molar-refractivity contribution is 0.414. The molecule has 0 aromatic heterocycles. The minimum absolute atomic E-state index is 0.215. The molecule has 1 nitrogen and oxygen atoms in total. The Bertz CT molecular complexity index is 619. The Morgan fingerprint density at radius 1 is 1.20 bits per heavy atom. The fraction of sp³-hybridized carbons (Fsp3) is 0.200. The highest BCUT2D eigenvalue weighted by Crippen LogP contribution is 2.32. The third kappa shape index (κ3) is 3.49. The molecule has 0 bridgehead atoms. The van der Waals surface area contributed by atoms with Gasteiger partial charge in [-0.1, -0.05) is 39.7 Å². The van der Waals surface area contributed by atoms with Crippen LogP contribution < -0.4 is 4.74 Å². The van der Waals surface area contributed by atoms with Gasteiger partial charge in [0.1, 0.15) is 17.4 Å². The molecule has 1 unspecified atom stereocenters. The molecule has 0 aliphatic rings. The van der Waals surface area contributed by atoms with E-state index in [4.69, 9.17) is 16.3 Å². The van der Waals surface area contributed by atoms with Crippen molar-refractivity contribution >= 4 is 27.5 Å². The standard InChI is InChI=1S/C15H12BrClF2O/c1-20-10-4-2-3-9(5-10)6-12(16)11-7-15(19)13(17)8-14(11)18/h2-5,7-8,12H,6H2,1H3. The van der Waals surface area contributed by atoms with Crippen molar-refractivity contribution in [3.63, 3.8) is 0 Å². The first-order chi connectivity index (χ1) is 9.51. The zero-order chi connectivity index (χ0) is 14.7. The van der Waals surface area contributed by atoms with Crippen molar-refractivity contribution in [2.45, 2.75) is 11.2 Å². The molecule has 106 valence electrons. The molecule has 0 heterocycles. The average molecular weight is 362 g/mol. The van der Waals surface area contributed by atoms with Gasteiger partial charge < -0.3 is 4.74 Å². The van der Waals surface area contributed by atoms with Gasteiger partial charge in [-0.15, -0.1) is 0 Å². The summed E-state index contributed by atoms with van der Waals surface area (Å²) in [7, 11) is 1.58. The lowest BCUT2D eigenvalue weighted by atomic mass is 10.0. The van der Waals surface area contributed by atoms with Crippen LogP contribution >= 0.6 is 27.5 Å². The van der Waals surface area contributed by atoms with Crippen LogP contribution in [0.5, 0.6) is 5.75 Å². The maximum absolute atomic E-state index is 13.8. The van der Waals surface area contributed by atoms with E-state index in [1.807, 2.05) is 24.3 Å². The van der Waals surface area contributed by atoms with Gasteiger partial charge >= 0.3 is 0 Å². The summed E-state index contributed by atoms with van der Waals surface area (Å²) in [5, 5.41) is -0.215. The average Bonchev–Trinajstić information content (AvgIpc) is 2.43. The second-order valence-corrected chi connectivity index (χ2v) is 5.82.